The second-order valence-corrected chi connectivity index (χ2v) is 4.74. The number of hydrogen-bond donors (Lipinski definition) is 2. The lowest BCUT2D eigenvalue weighted by molar-refractivity contribution is 0.174. The average Bonchev–Trinajstić information content (AvgIpc) is 3.03. The molecule has 1 heterocycles. The molecule has 4 nitrogen and oxygen atoms in total. The molecule has 0 aromatic heterocycles. The molecule has 0 saturated heterocycles. The zero-order valence-corrected chi connectivity index (χ0v) is 9.74. The van der Waals surface area contributed by atoms with Gasteiger partial charge in [0, 0.05) is 18.2 Å². The minimum Gasteiger partial charge on any atom is -0.507 e. The minimum absolute atomic E-state index is 0.243. The van der Waals surface area contributed by atoms with Crippen molar-refractivity contribution in [1.29, 1.82) is 0 Å². The van der Waals surface area contributed by atoms with E-state index in [1.165, 1.54) is 19.3 Å². The summed E-state index contributed by atoms with van der Waals surface area (Å²) in [5, 5.41) is 13.2. The van der Waals surface area contributed by atoms with Gasteiger partial charge in [-0.05, 0) is 24.9 Å². The van der Waals surface area contributed by atoms with Gasteiger partial charge in [-0.25, -0.2) is 0 Å². The van der Waals surface area contributed by atoms with Gasteiger partial charge in [-0.15, -0.1) is 0 Å². The number of ether oxygens (including phenoxy) is 2. The summed E-state index contributed by atoms with van der Waals surface area (Å²) in [6.45, 7) is 1.93. The van der Waals surface area contributed by atoms with E-state index in [2.05, 4.69) is 5.32 Å². The van der Waals surface area contributed by atoms with Crippen LogP contribution >= 0.6 is 0 Å². The van der Waals surface area contributed by atoms with E-state index in [1.807, 2.05) is 6.07 Å². The van der Waals surface area contributed by atoms with E-state index in [0.717, 1.165) is 23.8 Å². The fourth-order valence-corrected chi connectivity index (χ4v) is 2.05. The van der Waals surface area contributed by atoms with E-state index in [-0.39, 0.29) is 12.5 Å². The van der Waals surface area contributed by atoms with Crippen LogP contribution < -0.4 is 14.8 Å². The van der Waals surface area contributed by atoms with Crippen molar-refractivity contribution in [2.45, 2.75) is 25.8 Å². The minimum atomic E-state index is 0.243. The molecular formula is C13H17NO3. The van der Waals surface area contributed by atoms with E-state index >= 15 is 0 Å². The largest absolute Gasteiger partial charge is 0.507 e. The standard InChI is InChI=1S/C13H17NO3/c15-11-6-13-12(16-8-17-13)5-10(11)7-14-4-3-9-1-2-9/h5-6,9,14-15H,1-4,7-8H2. The number of benzene rings is 1. The summed E-state index contributed by atoms with van der Waals surface area (Å²) in [6, 6.07) is 3.47. The summed E-state index contributed by atoms with van der Waals surface area (Å²) in [6.07, 6.45) is 4.01. The molecule has 0 spiro atoms. The van der Waals surface area contributed by atoms with Gasteiger partial charge >= 0.3 is 0 Å². The lowest BCUT2D eigenvalue weighted by Gasteiger charge is -2.07. The van der Waals surface area contributed by atoms with Crippen molar-refractivity contribution in [1.82, 2.24) is 5.32 Å². The van der Waals surface area contributed by atoms with Gasteiger partial charge in [-0.2, -0.15) is 0 Å². The molecule has 92 valence electrons. The fraction of sp³-hybridized carbons (Fsp3) is 0.538. The SMILES string of the molecule is Oc1cc2c(cc1CNCCC1CC1)OCO2. The molecule has 0 unspecified atom stereocenters. The Hall–Kier alpha value is -1.42. The molecule has 3 rings (SSSR count). The Morgan fingerprint density at radius 3 is 2.76 bits per heavy atom. The van der Waals surface area contributed by atoms with Crippen LogP contribution in [-0.4, -0.2) is 18.4 Å². The van der Waals surface area contributed by atoms with Crippen LogP contribution in [0.3, 0.4) is 0 Å². The third-order valence-electron chi connectivity index (χ3n) is 3.32. The molecule has 2 N–H and O–H groups in total. The van der Waals surface area contributed by atoms with Crippen LogP contribution in [0.1, 0.15) is 24.8 Å². The highest BCUT2D eigenvalue weighted by Gasteiger charge is 2.20. The molecule has 1 aliphatic carbocycles. The molecule has 1 aromatic rings. The number of fused-ring (bicyclic) bond motifs is 1. The number of phenols is 1. The van der Waals surface area contributed by atoms with Gasteiger partial charge in [0.25, 0.3) is 0 Å². The molecule has 1 aliphatic heterocycles. The van der Waals surface area contributed by atoms with E-state index in [0.29, 0.717) is 12.3 Å². The van der Waals surface area contributed by atoms with Crippen LogP contribution in [0.2, 0.25) is 0 Å². The lowest BCUT2D eigenvalue weighted by atomic mass is 10.1. The number of rotatable bonds is 5. The molecule has 17 heavy (non-hydrogen) atoms. The van der Waals surface area contributed by atoms with Crippen molar-refractivity contribution in [2.75, 3.05) is 13.3 Å². The van der Waals surface area contributed by atoms with Gasteiger partial charge in [0.15, 0.2) is 11.5 Å². The Bertz CT molecular complexity index is 415. The zero-order valence-electron chi connectivity index (χ0n) is 9.74. The van der Waals surface area contributed by atoms with E-state index in [1.54, 1.807) is 6.07 Å². The van der Waals surface area contributed by atoms with Gasteiger partial charge in [-0.3, -0.25) is 0 Å². The number of hydrogen-bond acceptors (Lipinski definition) is 4. The highest BCUT2D eigenvalue weighted by atomic mass is 16.7. The molecule has 2 aliphatic rings. The second-order valence-electron chi connectivity index (χ2n) is 4.74. The molecule has 0 radical (unpaired) electrons. The van der Waals surface area contributed by atoms with Crippen molar-refractivity contribution >= 4 is 0 Å². The highest BCUT2D eigenvalue weighted by molar-refractivity contribution is 5.51. The van der Waals surface area contributed by atoms with Crippen LogP contribution in [0.4, 0.5) is 0 Å². The third kappa shape index (κ3) is 2.47. The summed E-state index contributed by atoms with van der Waals surface area (Å²) in [5.41, 5.74) is 0.866. The molecule has 0 amide bonds. The first-order chi connectivity index (χ1) is 8.33. The monoisotopic (exact) mass is 235 g/mol. The van der Waals surface area contributed by atoms with Crippen LogP contribution in [0.5, 0.6) is 17.2 Å². The Balaban J connectivity index is 1.57. The quantitative estimate of drug-likeness (QED) is 0.766. The van der Waals surface area contributed by atoms with Crippen LogP contribution in [-0.2, 0) is 6.54 Å². The van der Waals surface area contributed by atoms with Crippen molar-refractivity contribution in [3.8, 4) is 17.2 Å². The first kappa shape index (κ1) is 10.7. The van der Waals surface area contributed by atoms with Gasteiger partial charge in [0.2, 0.25) is 6.79 Å². The molecular weight excluding hydrogens is 218 g/mol. The summed E-state index contributed by atoms with van der Waals surface area (Å²) < 4.78 is 10.5. The smallest absolute Gasteiger partial charge is 0.231 e. The van der Waals surface area contributed by atoms with Crippen molar-refractivity contribution in [2.24, 2.45) is 5.92 Å². The highest BCUT2D eigenvalue weighted by Crippen LogP contribution is 2.37. The predicted molar refractivity (Wildman–Crippen MR) is 63.3 cm³/mol. The predicted octanol–water partition coefficient (Wildman–Crippen LogP) is 2.01. The van der Waals surface area contributed by atoms with Crippen LogP contribution in [0, 0.1) is 5.92 Å². The topological polar surface area (TPSA) is 50.7 Å². The number of nitrogens with one attached hydrogen (secondary N) is 1. The average molecular weight is 235 g/mol. The van der Waals surface area contributed by atoms with E-state index in [9.17, 15) is 5.11 Å². The Labute approximate surface area is 101 Å². The molecule has 0 atom stereocenters. The first-order valence-electron chi connectivity index (χ1n) is 6.15. The maximum atomic E-state index is 9.82. The van der Waals surface area contributed by atoms with Crippen molar-refractivity contribution in [3.63, 3.8) is 0 Å². The first-order valence-corrected chi connectivity index (χ1v) is 6.15. The number of aromatic hydroxyl groups is 1. The summed E-state index contributed by atoms with van der Waals surface area (Å²) in [7, 11) is 0. The lowest BCUT2D eigenvalue weighted by Crippen LogP contribution is -2.15. The van der Waals surface area contributed by atoms with Crippen LogP contribution in [0.15, 0.2) is 12.1 Å². The summed E-state index contributed by atoms with van der Waals surface area (Å²) >= 11 is 0. The van der Waals surface area contributed by atoms with Gasteiger partial charge in [-0.1, -0.05) is 12.8 Å². The molecule has 1 aromatic carbocycles. The fourth-order valence-electron chi connectivity index (χ4n) is 2.05. The zero-order chi connectivity index (χ0) is 11.7. The number of phenolic OH excluding ortho intramolecular Hbond substituents is 1. The Morgan fingerprint density at radius 1 is 1.24 bits per heavy atom. The van der Waals surface area contributed by atoms with Crippen molar-refractivity contribution < 1.29 is 14.6 Å². The Kier molecular flexibility index (Phi) is 2.81. The van der Waals surface area contributed by atoms with Gasteiger partial charge in [0.05, 0.1) is 0 Å². The van der Waals surface area contributed by atoms with E-state index in [4.69, 9.17) is 9.47 Å². The normalized spacial score (nSPS) is 17.4. The van der Waals surface area contributed by atoms with Gasteiger partial charge in [0.1, 0.15) is 5.75 Å². The van der Waals surface area contributed by atoms with Crippen LogP contribution in [0.25, 0.3) is 0 Å². The van der Waals surface area contributed by atoms with E-state index < -0.39 is 0 Å². The second kappa shape index (κ2) is 4.45. The third-order valence-corrected chi connectivity index (χ3v) is 3.32. The summed E-state index contributed by atoms with van der Waals surface area (Å²) in [4.78, 5) is 0. The molecule has 1 saturated carbocycles. The molecule has 1 fully saturated rings. The summed E-state index contributed by atoms with van der Waals surface area (Å²) in [5.74, 6) is 2.56. The van der Waals surface area contributed by atoms with Gasteiger partial charge < -0.3 is 19.9 Å². The molecule has 0 bridgehead atoms. The maximum absolute atomic E-state index is 9.82. The molecule has 4 heteroatoms. The Morgan fingerprint density at radius 2 is 2.00 bits per heavy atom. The van der Waals surface area contributed by atoms with Crippen molar-refractivity contribution in [3.05, 3.63) is 17.7 Å². The maximum Gasteiger partial charge on any atom is 0.231 e.